The highest BCUT2D eigenvalue weighted by molar-refractivity contribution is 7.71. The molecule has 2 N–H and O–H groups in total. The van der Waals surface area contributed by atoms with Crippen molar-refractivity contribution in [2.75, 3.05) is 0 Å². The van der Waals surface area contributed by atoms with Crippen LogP contribution in [0.2, 0.25) is 10.0 Å². The zero-order valence-corrected chi connectivity index (χ0v) is 13.9. The first-order valence-electron chi connectivity index (χ1n) is 6.51. The van der Waals surface area contributed by atoms with E-state index in [1.807, 2.05) is 6.07 Å². The summed E-state index contributed by atoms with van der Waals surface area (Å²) in [6, 6.07) is 11.8. The Labute approximate surface area is 146 Å². The van der Waals surface area contributed by atoms with Crippen molar-refractivity contribution >= 4 is 41.6 Å². The maximum absolute atomic E-state index is 9.48. The first-order chi connectivity index (χ1) is 11.0. The van der Waals surface area contributed by atoms with Gasteiger partial charge in [0.15, 0.2) is 5.82 Å². The molecule has 0 spiro atoms. The summed E-state index contributed by atoms with van der Waals surface area (Å²) in [5, 5.41) is 21.6. The zero-order chi connectivity index (χ0) is 16.4. The van der Waals surface area contributed by atoms with Crippen molar-refractivity contribution in [3.05, 3.63) is 62.8 Å². The third-order valence-corrected chi connectivity index (χ3v) is 3.83. The highest BCUT2D eigenvalue weighted by Crippen LogP contribution is 2.29. The van der Waals surface area contributed by atoms with E-state index in [-0.39, 0.29) is 5.75 Å². The Balaban J connectivity index is 2.04. The van der Waals surface area contributed by atoms with Crippen LogP contribution in [0.5, 0.6) is 5.75 Å². The number of hydrogen-bond donors (Lipinski definition) is 2. The number of aromatic nitrogens is 3. The first-order valence-corrected chi connectivity index (χ1v) is 7.67. The summed E-state index contributed by atoms with van der Waals surface area (Å²) in [6.07, 6.45) is 1.57. The van der Waals surface area contributed by atoms with Crippen molar-refractivity contribution in [3.8, 4) is 17.1 Å². The van der Waals surface area contributed by atoms with E-state index >= 15 is 0 Å². The normalized spacial score (nSPS) is 11.2. The number of halogens is 2. The van der Waals surface area contributed by atoms with Gasteiger partial charge in [-0.3, -0.25) is 0 Å². The molecule has 0 aliphatic heterocycles. The van der Waals surface area contributed by atoms with Gasteiger partial charge in [-0.05, 0) is 48.1 Å². The van der Waals surface area contributed by atoms with Crippen molar-refractivity contribution in [1.29, 1.82) is 0 Å². The number of H-pyrrole nitrogens is 1. The molecular weight excluding hydrogens is 355 g/mol. The number of rotatable bonds is 3. The summed E-state index contributed by atoms with van der Waals surface area (Å²) in [4.78, 5) is 0. The van der Waals surface area contributed by atoms with E-state index in [2.05, 4.69) is 15.3 Å². The molecule has 5 nitrogen and oxygen atoms in total. The molecule has 1 aromatic heterocycles. The van der Waals surface area contributed by atoms with Gasteiger partial charge < -0.3 is 5.11 Å². The molecule has 0 atom stereocenters. The minimum atomic E-state index is 0.158. The molecule has 0 saturated carbocycles. The molecule has 0 radical (unpaired) electrons. The van der Waals surface area contributed by atoms with E-state index in [1.165, 1.54) is 4.68 Å². The largest absolute Gasteiger partial charge is 0.508 e. The number of phenols is 1. The summed E-state index contributed by atoms with van der Waals surface area (Å²) in [5.74, 6) is 0.624. The third kappa shape index (κ3) is 3.44. The molecular formula is C15H10Cl2N4OS. The van der Waals surface area contributed by atoms with E-state index in [0.717, 1.165) is 5.56 Å². The van der Waals surface area contributed by atoms with Crippen LogP contribution in [0.4, 0.5) is 0 Å². The number of phenolic OH excluding ortho intramolecular Hbond substituents is 1. The van der Waals surface area contributed by atoms with Crippen LogP contribution in [0, 0.1) is 4.77 Å². The minimum Gasteiger partial charge on any atom is -0.508 e. The Morgan fingerprint density at radius 1 is 1.22 bits per heavy atom. The van der Waals surface area contributed by atoms with Gasteiger partial charge in [-0.25, -0.2) is 5.10 Å². The lowest BCUT2D eigenvalue weighted by Crippen LogP contribution is -1.95. The van der Waals surface area contributed by atoms with Crippen LogP contribution in [0.25, 0.3) is 11.4 Å². The molecule has 0 aliphatic rings. The average molecular weight is 365 g/mol. The predicted octanol–water partition coefficient (Wildman–Crippen LogP) is 4.50. The van der Waals surface area contributed by atoms with Crippen LogP contribution in [-0.2, 0) is 0 Å². The Hall–Kier alpha value is -2.15. The van der Waals surface area contributed by atoms with Gasteiger partial charge in [0, 0.05) is 10.6 Å². The molecule has 23 heavy (non-hydrogen) atoms. The number of aromatic hydroxyl groups is 1. The molecule has 2 aromatic carbocycles. The van der Waals surface area contributed by atoms with Gasteiger partial charge >= 0.3 is 0 Å². The summed E-state index contributed by atoms with van der Waals surface area (Å²) < 4.78 is 1.77. The average Bonchev–Trinajstić information content (AvgIpc) is 2.86. The van der Waals surface area contributed by atoms with Crippen LogP contribution in [0.1, 0.15) is 5.56 Å². The Kier molecular flexibility index (Phi) is 4.47. The fourth-order valence-corrected chi connectivity index (χ4v) is 2.65. The second-order valence-electron chi connectivity index (χ2n) is 4.63. The number of aromatic amines is 1. The lowest BCUT2D eigenvalue weighted by molar-refractivity contribution is 0.475. The molecule has 0 amide bonds. The van der Waals surface area contributed by atoms with E-state index in [1.54, 1.807) is 42.6 Å². The fourth-order valence-electron chi connectivity index (χ4n) is 1.97. The first kappa shape index (κ1) is 15.7. The Bertz CT molecular complexity index is 949. The molecule has 3 aromatic rings. The van der Waals surface area contributed by atoms with Gasteiger partial charge in [0.1, 0.15) is 5.75 Å². The maximum Gasteiger partial charge on any atom is 0.216 e. The fraction of sp³-hybridized carbons (Fsp3) is 0. The minimum absolute atomic E-state index is 0.158. The zero-order valence-electron chi connectivity index (χ0n) is 11.6. The lowest BCUT2D eigenvalue weighted by Gasteiger charge is -2.04. The van der Waals surface area contributed by atoms with Crippen molar-refractivity contribution in [2.24, 2.45) is 5.10 Å². The van der Waals surface area contributed by atoms with Gasteiger partial charge in [-0.1, -0.05) is 35.3 Å². The van der Waals surface area contributed by atoms with Crippen LogP contribution in [-0.4, -0.2) is 26.2 Å². The van der Waals surface area contributed by atoms with E-state index in [0.29, 0.717) is 26.2 Å². The van der Waals surface area contributed by atoms with Gasteiger partial charge in [0.05, 0.1) is 11.2 Å². The smallest absolute Gasteiger partial charge is 0.216 e. The summed E-state index contributed by atoms with van der Waals surface area (Å²) >= 11 is 17.3. The number of nitrogens with one attached hydrogen (secondary N) is 1. The van der Waals surface area contributed by atoms with Crippen LogP contribution >= 0.6 is 35.4 Å². The predicted molar refractivity (Wildman–Crippen MR) is 94.0 cm³/mol. The van der Waals surface area contributed by atoms with Crippen LogP contribution < -0.4 is 0 Å². The third-order valence-electron chi connectivity index (χ3n) is 3.01. The van der Waals surface area contributed by atoms with Crippen LogP contribution in [0.15, 0.2) is 47.6 Å². The second-order valence-corrected chi connectivity index (χ2v) is 5.86. The van der Waals surface area contributed by atoms with Crippen molar-refractivity contribution in [3.63, 3.8) is 0 Å². The maximum atomic E-state index is 9.48. The Morgan fingerprint density at radius 3 is 2.78 bits per heavy atom. The standard InChI is InChI=1S/C15H10Cl2N4OS/c16-10-4-5-12(13(17)7-10)14-19-20-15(23)21(14)18-8-9-2-1-3-11(22)6-9/h1-8,22H,(H,20,23)/b18-8-. The summed E-state index contributed by atoms with van der Waals surface area (Å²) in [7, 11) is 0. The van der Waals surface area contributed by atoms with Gasteiger partial charge in [0.2, 0.25) is 4.77 Å². The molecule has 0 aliphatic carbocycles. The molecule has 0 saturated heterocycles. The molecule has 3 rings (SSSR count). The lowest BCUT2D eigenvalue weighted by atomic mass is 10.2. The van der Waals surface area contributed by atoms with E-state index in [4.69, 9.17) is 35.4 Å². The summed E-state index contributed by atoms with van der Waals surface area (Å²) in [5.41, 5.74) is 1.37. The van der Waals surface area contributed by atoms with E-state index < -0.39 is 0 Å². The molecule has 8 heteroatoms. The van der Waals surface area contributed by atoms with Gasteiger partial charge in [-0.15, -0.1) is 0 Å². The van der Waals surface area contributed by atoms with Gasteiger partial charge in [-0.2, -0.15) is 14.9 Å². The van der Waals surface area contributed by atoms with Crippen molar-refractivity contribution in [2.45, 2.75) is 0 Å². The number of hydrogen-bond acceptors (Lipinski definition) is 4. The van der Waals surface area contributed by atoms with Crippen molar-refractivity contribution in [1.82, 2.24) is 14.9 Å². The van der Waals surface area contributed by atoms with Crippen LogP contribution in [0.3, 0.4) is 0 Å². The summed E-state index contributed by atoms with van der Waals surface area (Å²) in [6.45, 7) is 0. The number of benzene rings is 2. The topological polar surface area (TPSA) is 66.2 Å². The molecule has 1 heterocycles. The molecule has 0 fully saturated rings. The number of nitrogens with zero attached hydrogens (tertiary/aromatic N) is 3. The molecule has 116 valence electrons. The van der Waals surface area contributed by atoms with Gasteiger partial charge in [0.25, 0.3) is 0 Å². The Morgan fingerprint density at radius 2 is 2.04 bits per heavy atom. The quantitative estimate of drug-likeness (QED) is 0.530. The van der Waals surface area contributed by atoms with Crippen molar-refractivity contribution < 1.29 is 5.11 Å². The second kappa shape index (κ2) is 6.54. The molecule has 0 bridgehead atoms. The molecule has 0 unspecified atom stereocenters. The highest BCUT2D eigenvalue weighted by Gasteiger charge is 2.12. The highest BCUT2D eigenvalue weighted by atomic mass is 35.5. The van der Waals surface area contributed by atoms with E-state index in [9.17, 15) is 5.11 Å². The SMILES string of the molecule is Oc1cccc(/C=N\n2c(-c3ccc(Cl)cc3Cl)n[nH]c2=S)c1. The monoisotopic (exact) mass is 364 g/mol.